The summed E-state index contributed by atoms with van der Waals surface area (Å²) in [6.45, 7) is -0.641. The fourth-order valence-electron chi connectivity index (χ4n) is 2.57. The Morgan fingerprint density at radius 3 is 2.09 bits per heavy atom. The molecule has 0 N–H and O–H groups in total. The fourth-order valence-corrected chi connectivity index (χ4v) is 3.18. The second-order valence-corrected chi connectivity index (χ2v) is 7.72. The molecule has 2 rings (SSSR count). The van der Waals surface area contributed by atoms with Gasteiger partial charge in [-0.1, -0.05) is 59.1 Å². The van der Waals surface area contributed by atoms with Gasteiger partial charge in [0.2, 0.25) is 0 Å². The molecule has 0 aliphatic rings. The molecule has 0 aliphatic carbocycles. The topological polar surface area (TPSA) is 35.4 Å². The summed E-state index contributed by atoms with van der Waals surface area (Å²) in [5.74, 6) is -4.54. The van der Waals surface area contributed by atoms with Crippen molar-refractivity contribution in [2.75, 3.05) is 0 Å². The number of halogens is 10. The van der Waals surface area contributed by atoms with Gasteiger partial charge in [-0.2, -0.15) is 26.3 Å². The van der Waals surface area contributed by atoms with Crippen LogP contribution in [0.1, 0.15) is 29.0 Å². The van der Waals surface area contributed by atoms with E-state index < -0.39 is 43.0 Å². The first-order valence-corrected chi connectivity index (χ1v) is 9.75. The summed E-state index contributed by atoms with van der Waals surface area (Å²) in [7, 11) is 0. The summed E-state index contributed by atoms with van der Waals surface area (Å²) in [4.78, 5) is 3.14. The number of nitrogens with zero attached hydrogens (tertiary/aromatic N) is 1. The molecule has 0 spiro atoms. The number of alkyl halides is 6. The molecule has 0 saturated heterocycles. The minimum atomic E-state index is -4.73. The van der Waals surface area contributed by atoms with E-state index in [2.05, 4.69) is 4.99 Å². The molecular weight excluding hydrogens is 510 g/mol. The quantitative estimate of drug-likeness (QED) is 0.169. The Hall–Kier alpha value is -1.97. The highest BCUT2D eigenvalue weighted by atomic mass is 35.5. The van der Waals surface area contributed by atoms with Crippen molar-refractivity contribution in [3.05, 3.63) is 74.0 Å². The van der Waals surface area contributed by atoms with Gasteiger partial charge >= 0.3 is 12.4 Å². The number of benzene rings is 2. The van der Waals surface area contributed by atoms with Crippen molar-refractivity contribution in [2.24, 2.45) is 4.99 Å². The highest BCUT2D eigenvalue weighted by Gasteiger charge is 2.39. The molecule has 12 heteroatoms. The smallest absolute Gasteiger partial charge is 0.399 e. The summed E-state index contributed by atoms with van der Waals surface area (Å²) < 4.78 is 91.2. The largest absolute Gasteiger partial charge is 0.862 e. The molecule has 32 heavy (non-hydrogen) atoms. The van der Waals surface area contributed by atoms with Crippen molar-refractivity contribution in [1.29, 1.82) is 0 Å². The molecule has 174 valence electrons. The van der Waals surface area contributed by atoms with Crippen molar-refractivity contribution in [3.63, 3.8) is 0 Å². The summed E-state index contributed by atoms with van der Waals surface area (Å²) in [5.41, 5.74) is -0.443. The summed E-state index contributed by atoms with van der Waals surface area (Å²) in [6, 6.07) is 5.24. The highest BCUT2D eigenvalue weighted by Crippen LogP contribution is 2.41. The second kappa shape index (κ2) is 10.3. The number of rotatable bonds is 6. The maximum absolute atomic E-state index is 14.2. The zero-order valence-corrected chi connectivity index (χ0v) is 17.9. The normalized spacial score (nSPS) is 14.2. The molecule has 0 saturated carbocycles. The van der Waals surface area contributed by atoms with Crippen LogP contribution in [0, 0.1) is 5.82 Å². The number of hydrogen-bond donors (Lipinski definition) is 0. The average Bonchev–Trinajstić information content (AvgIpc) is 2.63. The van der Waals surface area contributed by atoms with Gasteiger partial charge in [0, 0.05) is 5.56 Å². The van der Waals surface area contributed by atoms with Gasteiger partial charge in [-0.15, -0.1) is 0 Å². The lowest BCUT2D eigenvalue weighted by molar-refractivity contribution is -0.232. The van der Waals surface area contributed by atoms with Gasteiger partial charge in [-0.3, -0.25) is 0 Å². The Balaban J connectivity index is 2.25. The molecular formula is C20H12Cl3F7NO-. The highest BCUT2D eigenvalue weighted by molar-refractivity contribution is 6.48. The molecule has 0 fully saturated rings. The van der Waals surface area contributed by atoms with E-state index in [1.807, 2.05) is 0 Å². The second-order valence-electron chi connectivity index (χ2n) is 6.53. The van der Waals surface area contributed by atoms with Crippen molar-refractivity contribution >= 4 is 46.8 Å². The van der Waals surface area contributed by atoms with Crippen LogP contribution in [0.2, 0.25) is 15.1 Å². The van der Waals surface area contributed by atoms with Crippen LogP contribution in [-0.2, 0) is 6.54 Å². The van der Waals surface area contributed by atoms with Crippen LogP contribution in [0.15, 0.2) is 41.4 Å². The monoisotopic (exact) mass is 520 g/mol. The van der Waals surface area contributed by atoms with Crippen LogP contribution >= 0.6 is 34.8 Å². The van der Waals surface area contributed by atoms with E-state index >= 15 is 0 Å². The third kappa shape index (κ3) is 7.56. The van der Waals surface area contributed by atoms with E-state index in [9.17, 15) is 35.8 Å². The van der Waals surface area contributed by atoms with Gasteiger partial charge in [0.1, 0.15) is 5.82 Å². The number of aliphatic imine (C=N–C) groups is 1. The zero-order chi connectivity index (χ0) is 24.3. The Kier molecular flexibility index (Phi) is 8.47. The van der Waals surface area contributed by atoms with Crippen LogP contribution in [0.25, 0.3) is 6.08 Å². The van der Waals surface area contributed by atoms with Gasteiger partial charge in [0.15, 0.2) is 0 Å². The first-order chi connectivity index (χ1) is 14.7. The van der Waals surface area contributed by atoms with E-state index in [4.69, 9.17) is 34.8 Å². The Morgan fingerprint density at radius 2 is 1.59 bits per heavy atom. The Labute approximate surface area is 192 Å². The van der Waals surface area contributed by atoms with Crippen molar-refractivity contribution in [3.8, 4) is 0 Å². The van der Waals surface area contributed by atoms with E-state index in [1.54, 1.807) is 0 Å². The van der Waals surface area contributed by atoms with Crippen LogP contribution in [0.3, 0.4) is 0 Å². The predicted molar refractivity (Wildman–Crippen MR) is 108 cm³/mol. The molecule has 1 atom stereocenters. The molecule has 2 nitrogen and oxygen atoms in total. The molecule has 0 heterocycles. The molecule has 0 aromatic heterocycles. The zero-order valence-electron chi connectivity index (χ0n) is 15.7. The van der Waals surface area contributed by atoms with Gasteiger partial charge in [-0.25, -0.2) is 4.39 Å². The standard InChI is InChI=1S/C20H13Cl3F7NO/c21-14-6-12(7-15(22)18(14)23)13(20(28,29)30)4-2-10-1-3-11(16(24)5-10)9-31-17(32)8-19(25,26)27/h1-7,13H,8-9H2,(H,31,32)/p-1/b4-2+. The lowest BCUT2D eigenvalue weighted by atomic mass is 9.97. The Morgan fingerprint density at radius 1 is 1.00 bits per heavy atom. The van der Waals surface area contributed by atoms with E-state index in [0.29, 0.717) is 0 Å². The third-order valence-electron chi connectivity index (χ3n) is 4.05. The average molecular weight is 522 g/mol. The molecule has 0 bridgehead atoms. The lowest BCUT2D eigenvalue weighted by Crippen LogP contribution is -2.25. The molecule has 2 aromatic carbocycles. The summed E-state index contributed by atoms with van der Waals surface area (Å²) in [5, 5.41) is 10.7. The SMILES string of the molecule is [O-]C(CC(F)(F)F)=NCc1ccc(/C=C/C(c2cc(Cl)c(Cl)c(Cl)c2)C(F)(F)F)cc1F. The summed E-state index contributed by atoms with van der Waals surface area (Å²) >= 11 is 17.4. The first kappa shape index (κ1) is 26.3. The third-order valence-corrected chi connectivity index (χ3v) is 5.25. The maximum Gasteiger partial charge on any atom is 0.399 e. The van der Waals surface area contributed by atoms with E-state index in [0.717, 1.165) is 36.4 Å². The van der Waals surface area contributed by atoms with E-state index in [-0.39, 0.29) is 31.8 Å². The van der Waals surface area contributed by atoms with Gasteiger partial charge in [0.25, 0.3) is 0 Å². The fraction of sp³-hybridized carbons (Fsp3) is 0.250. The lowest BCUT2D eigenvalue weighted by Gasteiger charge is -2.18. The van der Waals surface area contributed by atoms with Crippen LogP contribution < -0.4 is 5.11 Å². The molecule has 1 unspecified atom stereocenters. The van der Waals surface area contributed by atoms with Crippen molar-refractivity contribution < 1.29 is 35.8 Å². The molecule has 0 radical (unpaired) electrons. The first-order valence-electron chi connectivity index (χ1n) is 8.62. The van der Waals surface area contributed by atoms with E-state index in [1.165, 1.54) is 6.07 Å². The maximum atomic E-state index is 14.2. The van der Waals surface area contributed by atoms with Crippen LogP contribution in [0.5, 0.6) is 0 Å². The molecule has 2 aromatic rings. The van der Waals surface area contributed by atoms with Crippen LogP contribution in [0.4, 0.5) is 30.7 Å². The minimum absolute atomic E-state index is 0.0354. The van der Waals surface area contributed by atoms with Gasteiger partial charge in [-0.05, 0) is 35.2 Å². The predicted octanol–water partition coefficient (Wildman–Crippen LogP) is 7.36. The van der Waals surface area contributed by atoms with Crippen molar-refractivity contribution in [1.82, 2.24) is 0 Å². The number of allylic oxidation sites excluding steroid dienone is 1. The minimum Gasteiger partial charge on any atom is -0.862 e. The molecule has 0 aliphatic heterocycles. The molecule has 0 amide bonds. The number of hydrogen-bond acceptors (Lipinski definition) is 2. The van der Waals surface area contributed by atoms with Gasteiger partial charge < -0.3 is 10.1 Å². The van der Waals surface area contributed by atoms with Crippen molar-refractivity contribution in [2.45, 2.75) is 31.2 Å². The van der Waals surface area contributed by atoms with Gasteiger partial charge in [0.05, 0.1) is 34.0 Å². The Bertz CT molecular complexity index is 1010. The summed E-state index contributed by atoms with van der Waals surface area (Å²) in [6.07, 6.45) is -9.46. The van der Waals surface area contributed by atoms with Crippen LogP contribution in [-0.4, -0.2) is 18.3 Å².